The third-order valence-electron chi connectivity index (χ3n) is 3.90. The molecule has 0 bridgehead atoms. The minimum atomic E-state index is 0.268. The zero-order valence-electron chi connectivity index (χ0n) is 10.2. The fourth-order valence-corrected chi connectivity index (χ4v) is 3.74. The maximum absolute atomic E-state index is 4.86. The zero-order valence-corrected chi connectivity index (χ0v) is 11.0. The third-order valence-corrected chi connectivity index (χ3v) is 5.12. The second-order valence-corrected chi connectivity index (χ2v) is 6.43. The number of hydrogen-bond donors (Lipinski definition) is 1. The molecule has 2 saturated carbocycles. The Labute approximate surface area is 101 Å². The molecule has 2 fully saturated rings. The van der Waals surface area contributed by atoms with Crippen LogP contribution in [-0.4, -0.2) is 11.0 Å². The molecule has 3 rings (SSSR count). The first-order valence-electron chi connectivity index (χ1n) is 6.48. The molecule has 2 nitrogen and oxygen atoms in total. The Morgan fingerprint density at radius 1 is 1.44 bits per heavy atom. The van der Waals surface area contributed by atoms with E-state index in [-0.39, 0.29) is 5.54 Å². The number of rotatable bonds is 4. The normalized spacial score (nSPS) is 23.1. The lowest BCUT2D eigenvalue weighted by Crippen LogP contribution is -2.49. The fraction of sp³-hybridized carbons (Fsp3) is 0.769. The Balaban J connectivity index is 1.86. The molecular weight excluding hydrogens is 216 g/mol. The molecule has 0 aliphatic heterocycles. The van der Waals surface area contributed by atoms with Crippen molar-refractivity contribution in [2.24, 2.45) is 0 Å². The molecule has 2 aliphatic carbocycles. The van der Waals surface area contributed by atoms with Crippen molar-refractivity contribution in [3.63, 3.8) is 0 Å². The van der Waals surface area contributed by atoms with Crippen LogP contribution in [0.25, 0.3) is 0 Å². The van der Waals surface area contributed by atoms with Crippen molar-refractivity contribution in [2.75, 3.05) is 0 Å². The molecule has 88 valence electrons. The summed E-state index contributed by atoms with van der Waals surface area (Å²) in [6.45, 7) is 4.41. The van der Waals surface area contributed by atoms with E-state index in [1.807, 2.05) is 11.3 Å². The van der Waals surface area contributed by atoms with Gasteiger partial charge in [0, 0.05) is 10.9 Å². The SMILES string of the molecule is CCc1nc(C2(NC3CC3)CCC2)sc1C. The fourth-order valence-electron chi connectivity index (χ4n) is 2.53. The number of nitrogens with zero attached hydrogens (tertiary/aromatic N) is 1. The number of hydrogen-bond acceptors (Lipinski definition) is 3. The first-order valence-corrected chi connectivity index (χ1v) is 7.29. The van der Waals surface area contributed by atoms with Crippen molar-refractivity contribution in [1.82, 2.24) is 10.3 Å². The van der Waals surface area contributed by atoms with E-state index in [0.717, 1.165) is 12.5 Å². The van der Waals surface area contributed by atoms with Gasteiger partial charge in [-0.2, -0.15) is 0 Å². The average molecular weight is 236 g/mol. The van der Waals surface area contributed by atoms with Gasteiger partial charge in [0.2, 0.25) is 0 Å². The summed E-state index contributed by atoms with van der Waals surface area (Å²) in [6.07, 6.45) is 7.75. The Morgan fingerprint density at radius 3 is 2.62 bits per heavy atom. The minimum Gasteiger partial charge on any atom is -0.303 e. The largest absolute Gasteiger partial charge is 0.303 e. The van der Waals surface area contributed by atoms with Crippen LogP contribution >= 0.6 is 11.3 Å². The summed E-state index contributed by atoms with van der Waals surface area (Å²) in [5.41, 5.74) is 1.58. The quantitative estimate of drug-likeness (QED) is 0.868. The van der Waals surface area contributed by atoms with Gasteiger partial charge in [0.1, 0.15) is 5.01 Å². The second kappa shape index (κ2) is 3.81. The monoisotopic (exact) mass is 236 g/mol. The van der Waals surface area contributed by atoms with Crippen molar-refractivity contribution < 1.29 is 0 Å². The van der Waals surface area contributed by atoms with Gasteiger partial charge in [0.25, 0.3) is 0 Å². The predicted molar refractivity (Wildman–Crippen MR) is 67.9 cm³/mol. The maximum atomic E-state index is 4.86. The van der Waals surface area contributed by atoms with Crippen LogP contribution in [-0.2, 0) is 12.0 Å². The number of nitrogens with one attached hydrogen (secondary N) is 1. The minimum absolute atomic E-state index is 0.268. The van der Waals surface area contributed by atoms with Crippen LogP contribution in [0.3, 0.4) is 0 Å². The molecular formula is C13H20N2S. The molecule has 0 unspecified atom stereocenters. The molecule has 3 heteroatoms. The maximum Gasteiger partial charge on any atom is 0.113 e. The lowest BCUT2D eigenvalue weighted by molar-refractivity contribution is 0.182. The molecule has 0 saturated heterocycles. The highest BCUT2D eigenvalue weighted by Gasteiger charge is 2.44. The lowest BCUT2D eigenvalue weighted by Gasteiger charge is -2.41. The summed E-state index contributed by atoms with van der Waals surface area (Å²) in [6, 6.07) is 0.787. The van der Waals surface area contributed by atoms with Gasteiger partial charge in [0.05, 0.1) is 11.2 Å². The van der Waals surface area contributed by atoms with E-state index in [4.69, 9.17) is 4.98 Å². The second-order valence-electron chi connectivity index (χ2n) is 5.23. The highest BCUT2D eigenvalue weighted by Crippen LogP contribution is 2.45. The molecule has 0 radical (unpaired) electrons. The van der Waals surface area contributed by atoms with E-state index in [9.17, 15) is 0 Å². The van der Waals surface area contributed by atoms with Crippen molar-refractivity contribution in [3.8, 4) is 0 Å². The summed E-state index contributed by atoms with van der Waals surface area (Å²) in [5.74, 6) is 0. The van der Waals surface area contributed by atoms with Gasteiger partial charge in [-0.05, 0) is 45.4 Å². The molecule has 2 aliphatic rings. The molecule has 0 spiro atoms. The van der Waals surface area contributed by atoms with Crippen LogP contribution in [0.1, 0.15) is 54.6 Å². The van der Waals surface area contributed by atoms with E-state index in [2.05, 4.69) is 19.2 Å². The molecule has 0 atom stereocenters. The standard InChI is InChI=1S/C13H20N2S/c1-3-11-9(2)16-12(14-11)13(7-4-8-13)15-10-5-6-10/h10,15H,3-8H2,1-2H3. The van der Waals surface area contributed by atoms with Crippen LogP contribution < -0.4 is 5.32 Å². The predicted octanol–water partition coefficient (Wildman–Crippen LogP) is 3.15. The number of aryl methyl sites for hydroxylation is 2. The Morgan fingerprint density at radius 2 is 2.19 bits per heavy atom. The van der Waals surface area contributed by atoms with Crippen molar-refractivity contribution in [3.05, 3.63) is 15.6 Å². The highest BCUT2D eigenvalue weighted by atomic mass is 32.1. The van der Waals surface area contributed by atoms with Gasteiger partial charge < -0.3 is 5.32 Å². The summed E-state index contributed by atoms with van der Waals surface area (Å²) in [5, 5.41) is 5.19. The van der Waals surface area contributed by atoms with Crippen LogP contribution in [0.2, 0.25) is 0 Å². The van der Waals surface area contributed by atoms with Gasteiger partial charge in [-0.25, -0.2) is 4.98 Å². The Hall–Kier alpha value is -0.410. The highest BCUT2D eigenvalue weighted by molar-refractivity contribution is 7.11. The van der Waals surface area contributed by atoms with Crippen molar-refractivity contribution in [1.29, 1.82) is 0 Å². The third kappa shape index (κ3) is 1.70. The molecule has 1 aromatic rings. The smallest absolute Gasteiger partial charge is 0.113 e. The molecule has 1 N–H and O–H groups in total. The van der Waals surface area contributed by atoms with Crippen LogP contribution in [0.4, 0.5) is 0 Å². The van der Waals surface area contributed by atoms with Gasteiger partial charge in [0.15, 0.2) is 0 Å². The number of aromatic nitrogens is 1. The zero-order chi connectivity index (χ0) is 11.2. The first-order chi connectivity index (χ1) is 7.73. The van der Waals surface area contributed by atoms with Crippen LogP contribution in [0.5, 0.6) is 0 Å². The first kappa shape index (κ1) is 10.7. The van der Waals surface area contributed by atoms with Crippen molar-refractivity contribution in [2.45, 2.75) is 64.0 Å². The molecule has 1 heterocycles. The van der Waals surface area contributed by atoms with Gasteiger partial charge in [-0.3, -0.25) is 0 Å². The lowest BCUT2D eigenvalue weighted by atomic mass is 9.77. The van der Waals surface area contributed by atoms with Gasteiger partial charge in [-0.15, -0.1) is 11.3 Å². The van der Waals surface area contributed by atoms with E-state index in [1.54, 1.807) is 0 Å². The van der Waals surface area contributed by atoms with Crippen LogP contribution in [0, 0.1) is 6.92 Å². The van der Waals surface area contributed by atoms with Gasteiger partial charge >= 0.3 is 0 Å². The molecule has 1 aromatic heterocycles. The molecule has 0 aromatic carbocycles. The average Bonchev–Trinajstić information content (AvgIpc) is 2.95. The van der Waals surface area contributed by atoms with Crippen LogP contribution in [0.15, 0.2) is 0 Å². The summed E-state index contributed by atoms with van der Waals surface area (Å²) in [7, 11) is 0. The van der Waals surface area contributed by atoms with Crippen molar-refractivity contribution >= 4 is 11.3 Å². The topological polar surface area (TPSA) is 24.9 Å². The molecule has 0 amide bonds. The van der Waals surface area contributed by atoms with E-state index >= 15 is 0 Å². The molecule has 16 heavy (non-hydrogen) atoms. The summed E-state index contributed by atoms with van der Waals surface area (Å²) < 4.78 is 0. The van der Waals surface area contributed by atoms with E-state index in [0.29, 0.717) is 0 Å². The number of thiazole rings is 1. The summed E-state index contributed by atoms with van der Waals surface area (Å²) in [4.78, 5) is 6.28. The Bertz CT molecular complexity index is 389. The van der Waals surface area contributed by atoms with E-state index in [1.165, 1.54) is 47.7 Å². The van der Waals surface area contributed by atoms with E-state index < -0.39 is 0 Å². The summed E-state index contributed by atoms with van der Waals surface area (Å²) >= 11 is 1.92. The van der Waals surface area contributed by atoms with Gasteiger partial charge in [-0.1, -0.05) is 6.92 Å². The Kier molecular flexibility index (Phi) is 2.55.